The quantitative estimate of drug-likeness (QED) is 0.468. The third kappa shape index (κ3) is 0.978. The number of aliphatic hydroxyl groups excluding tert-OH is 1. The number of hydrogen-bond acceptors (Lipinski definition) is 6. The molecular weight excluding hydrogens is 158 g/mol. The van der Waals surface area contributed by atoms with Crippen molar-refractivity contribution in [2.75, 3.05) is 5.32 Å². The molecule has 1 aliphatic heterocycles. The predicted octanol–water partition coefficient (Wildman–Crippen LogP) is -0.792. The van der Waals surface area contributed by atoms with Crippen LogP contribution in [0, 0.1) is 0 Å². The molecule has 62 valence electrons. The van der Waals surface area contributed by atoms with Crippen LogP contribution in [0.15, 0.2) is 17.4 Å². The molecule has 0 aromatic carbocycles. The molecule has 2 heterocycles. The van der Waals surface area contributed by atoms with E-state index in [2.05, 4.69) is 20.3 Å². The molecule has 2 rings (SSSR count). The minimum absolute atomic E-state index is 0.149. The van der Waals surface area contributed by atoms with E-state index < -0.39 is 6.23 Å². The van der Waals surface area contributed by atoms with Crippen LogP contribution in [0.3, 0.4) is 0 Å². The summed E-state index contributed by atoms with van der Waals surface area (Å²) in [6.07, 6.45) is 1.99. The van der Waals surface area contributed by atoms with E-state index >= 15 is 0 Å². The average molecular weight is 165 g/mol. The number of nitrogens with one attached hydrogen (secondary N) is 1. The summed E-state index contributed by atoms with van der Waals surface area (Å²) in [5, 5.41) is 12.0. The molecule has 12 heavy (non-hydrogen) atoms. The summed E-state index contributed by atoms with van der Waals surface area (Å²) in [5.41, 5.74) is 5.75. The first-order chi connectivity index (χ1) is 5.77. The van der Waals surface area contributed by atoms with E-state index in [0.717, 1.165) is 0 Å². The van der Waals surface area contributed by atoms with Crippen LogP contribution >= 0.6 is 0 Å². The highest BCUT2D eigenvalue weighted by Crippen LogP contribution is 2.21. The van der Waals surface area contributed by atoms with Crippen molar-refractivity contribution in [1.29, 1.82) is 0 Å². The summed E-state index contributed by atoms with van der Waals surface area (Å²) in [4.78, 5) is 11.5. The van der Waals surface area contributed by atoms with Crippen molar-refractivity contribution in [1.82, 2.24) is 9.97 Å². The van der Waals surface area contributed by atoms with E-state index in [1.807, 2.05) is 0 Å². The van der Waals surface area contributed by atoms with Crippen molar-refractivity contribution in [3.63, 3.8) is 0 Å². The van der Waals surface area contributed by atoms with Crippen LogP contribution in [0.4, 0.5) is 5.82 Å². The highest BCUT2D eigenvalue weighted by Gasteiger charge is 2.19. The first-order valence-electron chi connectivity index (χ1n) is 3.36. The summed E-state index contributed by atoms with van der Waals surface area (Å²) in [6, 6.07) is 0. The predicted molar refractivity (Wildman–Crippen MR) is 42.2 cm³/mol. The monoisotopic (exact) mass is 165 g/mol. The molecule has 0 spiro atoms. The minimum atomic E-state index is -1.00. The molecule has 0 radical (unpaired) electrons. The Kier molecular flexibility index (Phi) is 1.41. The summed E-state index contributed by atoms with van der Waals surface area (Å²) in [5.74, 6) is 0.605. The molecule has 0 aliphatic carbocycles. The Bertz CT molecular complexity index is 336. The smallest absolute Gasteiger partial charge is 0.197 e. The molecule has 6 nitrogen and oxygen atoms in total. The van der Waals surface area contributed by atoms with Gasteiger partial charge in [0.1, 0.15) is 5.69 Å². The Balaban J connectivity index is 2.48. The standard InChI is InChI=1S/C6H7N5O/c7-6-10-4-3(5(12)11-6)8-1-2-9-4/h1-2,5,12H,(H3,7,9,10,11). The van der Waals surface area contributed by atoms with Gasteiger partial charge >= 0.3 is 0 Å². The summed E-state index contributed by atoms with van der Waals surface area (Å²) in [7, 11) is 0. The molecule has 0 saturated heterocycles. The molecule has 0 fully saturated rings. The fraction of sp³-hybridized carbons (Fsp3) is 0.167. The highest BCUT2D eigenvalue weighted by molar-refractivity contribution is 5.93. The topological polar surface area (TPSA) is 96.4 Å². The number of hydrogen-bond donors (Lipinski definition) is 3. The Labute approximate surface area is 68.2 Å². The van der Waals surface area contributed by atoms with Gasteiger partial charge in [-0.25, -0.2) is 9.98 Å². The summed E-state index contributed by atoms with van der Waals surface area (Å²) in [6.45, 7) is 0. The fourth-order valence-electron chi connectivity index (χ4n) is 0.981. The highest BCUT2D eigenvalue weighted by atomic mass is 16.3. The van der Waals surface area contributed by atoms with Gasteiger partial charge in [-0.05, 0) is 0 Å². The zero-order chi connectivity index (χ0) is 8.55. The maximum Gasteiger partial charge on any atom is 0.197 e. The third-order valence-electron chi connectivity index (χ3n) is 1.48. The molecule has 1 unspecified atom stereocenters. The van der Waals surface area contributed by atoms with Crippen LogP contribution in [0.1, 0.15) is 11.9 Å². The number of rotatable bonds is 0. The number of aliphatic imine (C=N–C) groups is 1. The van der Waals surface area contributed by atoms with Gasteiger partial charge in [-0.15, -0.1) is 0 Å². The van der Waals surface area contributed by atoms with Crippen LogP contribution in [0.2, 0.25) is 0 Å². The lowest BCUT2D eigenvalue weighted by molar-refractivity contribution is 0.182. The maximum atomic E-state index is 9.32. The molecule has 1 aliphatic rings. The van der Waals surface area contributed by atoms with Crippen molar-refractivity contribution in [2.24, 2.45) is 10.7 Å². The Morgan fingerprint density at radius 3 is 3.00 bits per heavy atom. The molecule has 4 N–H and O–H groups in total. The first kappa shape index (κ1) is 6.99. The van der Waals surface area contributed by atoms with Crippen molar-refractivity contribution in [3.05, 3.63) is 18.1 Å². The Morgan fingerprint density at radius 1 is 1.42 bits per heavy atom. The zero-order valence-corrected chi connectivity index (χ0v) is 6.10. The van der Waals surface area contributed by atoms with Crippen molar-refractivity contribution >= 4 is 11.8 Å². The summed E-state index contributed by atoms with van der Waals surface area (Å²) < 4.78 is 0. The second-order valence-corrected chi connectivity index (χ2v) is 2.30. The largest absolute Gasteiger partial charge is 0.370 e. The molecule has 0 saturated carbocycles. The number of anilines is 1. The van der Waals surface area contributed by atoms with Gasteiger partial charge in [0.2, 0.25) is 0 Å². The number of nitrogens with two attached hydrogens (primary N) is 1. The van der Waals surface area contributed by atoms with E-state index in [4.69, 9.17) is 5.73 Å². The Morgan fingerprint density at radius 2 is 2.17 bits per heavy atom. The molecule has 0 bridgehead atoms. The van der Waals surface area contributed by atoms with E-state index in [9.17, 15) is 5.11 Å². The lowest BCUT2D eigenvalue weighted by Crippen LogP contribution is -2.29. The first-order valence-corrected chi connectivity index (χ1v) is 3.36. The number of nitrogens with zero attached hydrogens (tertiary/aromatic N) is 3. The van der Waals surface area contributed by atoms with Gasteiger partial charge < -0.3 is 16.2 Å². The van der Waals surface area contributed by atoms with Gasteiger partial charge in [0.15, 0.2) is 18.0 Å². The van der Waals surface area contributed by atoms with Crippen LogP contribution in [0.25, 0.3) is 0 Å². The fourth-order valence-corrected chi connectivity index (χ4v) is 0.981. The van der Waals surface area contributed by atoms with E-state index in [1.54, 1.807) is 0 Å². The normalized spacial score (nSPS) is 20.8. The van der Waals surface area contributed by atoms with Gasteiger partial charge in [-0.3, -0.25) is 4.98 Å². The number of fused-ring (bicyclic) bond motifs is 1. The molecule has 1 aromatic rings. The zero-order valence-electron chi connectivity index (χ0n) is 6.10. The molecule has 6 heteroatoms. The van der Waals surface area contributed by atoms with E-state index in [1.165, 1.54) is 12.4 Å². The average Bonchev–Trinajstić information content (AvgIpc) is 2.04. The second-order valence-electron chi connectivity index (χ2n) is 2.30. The van der Waals surface area contributed by atoms with Crippen molar-refractivity contribution in [3.8, 4) is 0 Å². The Hall–Kier alpha value is -1.69. The number of guanidine groups is 1. The van der Waals surface area contributed by atoms with Gasteiger partial charge in [0, 0.05) is 12.4 Å². The summed E-state index contributed by atoms with van der Waals surface area (Å²) >= 11 is 0. The third-order valence-corrected chi connectivity index (χ3v) is 1.48. The van der Waals surface area contributed by atoms with Crippen LogP contribution < -0.4 is 11.1 Å². The molecule has 1 atom stereocenters. The minimum Gasteiger partial charge on any atom is -0.370 e. The van der Waals surface area contributed by atoms with Crippen LogP contribution in [0.5, 0.6) is 0 Å². The van der Waals surface area contributed by atoms with Crippen LogP contribution in [-0.2, 0) is 0 Å². The lowest BCUT2D eigenvalue weighted by Gasteiger charge is -2.16. The molecule has 1 aromatic heterocycles. The maximum absolute atomic E-state index is 9.32. The van der Waals surface area contributed by atoms with E-state index in [0.29, 0.717) is 11.5 Å². The number of aliphatic hydroxyl groups is 1. The van der Waals surface area contributed by atoms with Gasteiger partial charge in [-0.2, -0.15) is 0 Å². The molecule has 0 amide bonds. The lowest BCUT2D eigenvalue weighted by atomic mass is 10.3. The molecular formula is C6H7N5O. The van der Waals surface area contributed by atoms with Gasteiger partial charge in [0.25, 0.3) is 0 Å². The second kappa shape index (κ2) is 2.42. The van der Waals surface area contributed by atoms with E-state index in [-0.39, 0.29) is 5.96 Å². The van der Waals surface area contributed by atoms with Gasteiger partial charge in [0.05, 0.1) is 0 Å². The number of aromatic nitrogens is 2. The van der Waals surface area contributed by atoms with Crippen LogP contribution in [-0.4, -0.2) is 21.0 Å². The van der Waals surface area contributed by atoms with Gasteiger partial charge in [-0.1, -0.05) is 0 Å². The van der Waals surface area contributed by atoms with Crippen molar-refractivity contribution < 1.29 is 5.11 Å². The van der Waals surface area contributed by atoms with Crippen molar-refractivity contribution in [2.45, 2.75) is 6.23 Å². The SMILES string of the molecule is NC1=NC(O)c2nccnc2N1.